The summed E-state index contributed by atoms with van der Waals surface area (Å²) in [7, 11) is 0. The molecule has 0 saturated carbocycles. The Morgan fingerprint density at radius 2 is 1.74 bits per heavy atom. The third-order valence-corrected chi connectivity index (χ3v) is 5.76. The van der Waals surface area contributed by atoms with Crippen molar-refractivity contribution in [2.45, 2.75) is 31.8 Å². The summed E-state index contributed by atoms with van der Waals surface area (Å²) in [6.45, 7) is 4.41. The van der Waals surface area contributed by atoms with E-state index in [4.69, 9.17) is 0 Å². The van der Waals surface area contributed by atoms with E-state index in [9.17, 15) is 14.4 Å². The molecular weight excluding hydrogens is 344 g/mol. The lowest BCUT2D eigenvalue weighted by Gasteiger charge is -2.42. The quantitative estimate of drug-likeness (QED) is 0.839. The van der Waals surface area contributed by atoms with Gasteiger partial charge >= 0.3 is 0 Å². The van der Waals surface area contributed by atoms with E-state index in [1.54, 1.807) is 9.80 Å². The minimum absolute atomic E-state index is 0.0573. The zero-order chi connectivity index (χ0) is 18.8. The van der Waals surface area contributed by atoms with Crippen LogP contribution in [-0.2, 0) is 16.1 Å². The lowest BCUT2D eigenvalue weighted by molar-refractivity contribution is -0.148. The highest BCUT2D eigenvalue weighted by Gasteiger charge is 2.39. The molecule has 3 amide bonds. The van der Waals surface area contributed by atoms with E-state index in [0.717, 1.165) is 19.6 Å². The minimum atomic E-state index is -0.567. The van der Waals surface area contributed by atoms with Gasteiger partial charge in [0.1, 0.15) is 6.04 Å². The highest BCUT2D eigenvalue weighted by molar-refractivity contribution is 5.98. The number of rotatable bonds is 3. The van der Waals surface area contributed by atoms with E-state index >= 15 is 0 Å². The smallest absolute Gasteiger partial charge is 0.253 e. The largest absolute Gasteiger partial charge is 0.345 e. The van der Waals surface area contributed by atoms with Crippen LogP contribution in [0, 0.1) is 0 Å². The second-order valence-corrected chi connectivity index (χ2v) is 7.61. The fraction of sp³-hybridized carbons (Fsp3) is 0.550. The van der Waals surface area contributed by atoms with Crippen LogP contribution in [0.4, 0.5) is 0 Å². The molecule has 1 atom stereocenters. The summed E-state index contributed by atoms with van der Waals surface area (Å²) in [5, 5.41) is 2.60. The molecule has 3 aliphatic heterocycles. The maximum atomic E-state index is 12.8. The number of likely N-dealkylation sites (tertiary alicyclic amines) is 1. The molecule has 1 aromatic carbocycles. The number of benzene rings is 1. The van der Waals surface area contributed by atoms with Crippen molar-refractivity contribution < 1.29 is 14.4 Å². The lowest BCUT2D eigenvalue weighted by atomic mass is 10.1. The molecule has 0 spiro atoms. The number of fused-ring (bicyclic) bond motifs is 1. The molecule has 1 aromatic rings. The normalized spacial score (nSPS) is 23.8. The van der Waals surface area contributed by atoms with Gasteiger partial charge in [0.25, 0.3) is 5.91 Å². The van der Waals surface area contributed by atoms with Gasteiger partial charge < -0.3 is 15.1 Å². The van der Waals surface area contributed by atoms with Crippen molar-refractivity contribution in [1.82, 2.24) is 20.0 Å². The molecule has 3 fully saturated rings. The average molecular weight is 370 g/mol. The van der Waals surface area contributed by atoms with Gasteiger partial charge in [0.15, 0.2) is 0 Å². The molecule has 4 rings (SSSR count). The molecule has 7 nitrogen and oxygen atoms in total. The third kappa shape index (κ3) is 3.83. The molecule has 27 heavy (non-hydrogen) atoms. The predicted octanol–water partition coefficient (Wildman–Crippen LogP) is 0.455. The first-order valence-corrected chi connectivity index (χ1v) is 9.79. The van der Waals surface area contributed by atoms with Gasteiger partial charge in [-0.05, 0) is 43.6 Å². The first-order chi connectivity index (χ1) is 13.1. The van der Waals surface area contributed by atoms with Gasteiger partial charge in [-0.25, -0.2) is 0 Å². The van der Waals surface area contributed by atoms with Crippen molar-refractivity contribution in [3.05, 3.63) is 35.4 Å². The molecular formula is C20H26N4O3. The number of carbonyl (C=O) groups is 3. The number of piperidine rings is 1. The van der Waals surface area contributed by atoms with Crippen LogP contribution in [-0.4, -0.2) is 77.7 Å². The van der Waals surface area contributed by atoms with Crippen LogP contribution < -0.4 is 5.32 Å². The SMILES string of the molecule is O=C1NCC(=O)N2CCN(C(=O)c3ccc(CN4CCCCC4)cc3)C[C@H]12. The predicted molar refractivity (Wildman–Crippen MR) is 100.0 cm³/mol. The van der Waals surface area contributed by atoms with Crippen LogP contribution in [0.2, 0.25) is 0 Å². The molecule has 0 radical (unpaired) electrons. The maximum Gasteiger partial charge on any atom is 0.253 e. The maximum absolute atomic E-state index is 12.8. The van der Waals surface area contributed by atoms with Gasteiger partial charge in [0.05, 0.1) is 13.1 Å². The Morgan fingerprint density at radius 1 is 1.00 bits per heavy atom. The molecule has 0 aromatic heterocycles. The zero-order valence-electron chi connectivity index (χ0n) is 15.5. The summed E-state index contributed by atoms with van der Waals surface area (Å²) >= 11 is 0. The van der Waals surface area contributed by atoms with Crippen LogP contribution in [0.15, 0.2) is 24.3 Å². The standard InChI is InChI=1S/C20H26N4O3/c25-18-12-21-19(26)17-14-23(10-11-24(17)18)20(27)16-6-4-15(5-7-16)13-22-8-2-1-3-9-22/h4-7,17H,1-3,8-14H2,(H,21,26)/t17-/m1/s1. The lowest BCUT2D eigenvalue weighted by Crippen LogP contribution is -2.66. The van der Waals surface area contributed by atoms with Crippen molar-refractivity contribution in [3.63, 3.8) is 0 Å². The Hall–Kier alpha value is -2.41. The molecule has 0 unspecified atom stereocenters. The van der Waals surface area contributed by atoms with E-state index in [2.05, 4.69) is 10.2 Å². The first kappa shape index (κ1) is 18.0. The van der Waals surface area contributed by atoms with Gasteiger partial charge in [-0.15, -0.1) is 0 Å². The fourth-order valence-electron chi connectivity index (χ4n) is 4.18. The second-order valence-electron chi connectivity index (χ2n) is 7.61. The summed E-state index contributed by atoms with van der Waals surface area (Å²) in [5.41, 5.74) is 1.85. The van der Waals surface area contributed by atoms with Crippen LogP contribution in [0.1, 0.15) is 35.2 Å². The molecule has 7 heteroatoms. The highest BCUT2D eigenvalue weighted by Crippen LogP contribution is 2.18. The average Bonchev–Trinajstić information content (AvgIpc) is 2.71. The van der Waals surface area contributed by atoms with Gasteiger partial charge in [-0.3, -0.25) is 19.3 Å². The Morgan fingerprint density at radius 3 is 2.48 bits per heavy atom. The fourth-order valence-corrected chi connectivity index (χ4v) is 4.18. The van der Waals surface area contributed by atoms with Crippen LogP contribution in [0.25, 0.3) is 0 Å². The van der Waals surface area contributed by atoms with Crippen LogP contribution in [0.3, 0.4) is 0 Å². The molecule has 3 saturated heterocycles. The van der Waals surface area contributed by atoms with E-state index in [1.807, 2.05) is 24.3 Å². The van der Waals surface area contributed by atoms with Crippen LogP contribution >= 0.6 is 0 Å². The van der Waals surface area contributed by atoms with E-state index in [0.29, 0.717) is 18.7 Å². The summed E-state index contributed by atoms with van der Waals surface area (Å²) < 4.78 is 0. The molecule has 3 heterocycles. The first-order valence-electron chi connectivity index (χ1n) is 9.79. The van der Waals surface area contributed by atoms with Crippen molar-refractivity contribution in [2.75, 3.05) is 39.3 Å². The van der Waals surface area contributed by atoms with E-state index in [1.165, 1.54) is 24.8 Å². The van der Waals surface area contributed by atoms with Gasteiger partial charge in [-0.1, -0.05) is 18.6 Å². The topological polar surface area (TPSA) is 73.0 Å². The summed E-state index contributed by atoms with van der Waals surface area (Å²) in [4.78, 5) is 42.6. The number of nitrogens with one attached hydrogen (secondary N) is 1. The summed E-state index contributed by atoms with van der Waals surface area (Å²) in [5.74, 6) is -0.331. The summed E-state index contributed by atoms with van der Waals surface area (Å²) in [6, 6.07) is 7.23. The molecule has 144 valence electrons. The Balaban J connectivity index is 1.39. The Kier molecular flexibility index (Phi) is 5.11. The van der Waals surface area contributed by atoms with Gasteiger partial charge in [-0.2, -0.15) is 0 Å². The number of carbonyl (C=O) groups excluding carboxylic acids is 3. The minimum Gasteiger partial charge on any atom is -0.345 e. The number of piperazine rings is 2. The molecule has 0 aliphatic carbocycles. The zero-order valence-corrected chi connectivity index (χ0v) is 15.5. The van der Waals surface area contributed by atoms with Crippen molar-refractivity contribution in [3.8, 4) is 0 Å². The van der Waals surface area contributed by atoms with Crippen molar-refractivity contribution in [2.24, 2.45) is 0 Å². The monoisotopic (exact) mass is 370 g/mol. The number of hydrogen-bond donors (Lipinski definition) is 1. The van der Waals surface area contributed by atoms with Gasteiger partial charge in [0.2, 0.25) is 11.8 Å². The van der Waals surface area contributed by atoms with Crippen molar-refractivity contribution in [1.29, 1.82) is 0 Å². The van der Waals surface area contributed by atoms with E-state index in [-0.39, 0.29) is 30.8 Å². The third-order valence-electron chi connectivity index (χ3n) is 5.76. The van der Waals surface area contributed by atoms with Crippen molar-refractivity contribution >= 4 is 17.7 Å². The number of nitrogens with zero attached hydrogens (tertiary/aromatic N) is 3. The second kappa shape index (κ2) is 7.68. The van der Waals surface area contributed by atoms with Crippen LogP contribution in [0.5, 0.6) is 0 Å². The number of hydrogen-bond acceptors (Lipinski definition) is 4. The Bertz CT molecular complexity index is 727. The van der Waals surface area contributed by atoms with E-state index < -0.39 is 6.04 Å². The molecule has 3 aliphatic rings. The van der Waals surface area contributed by atoms with Gasteiger partial charge in [0, 0.05) is 25.2 Å². The Labute approximate surface area is 159 Å². The molecule has 0 bridgehead atoms. The highest BCUT2D eigenvalue weighted by atomic mass is 16.2. The number of amides is 3. The summed E-state index contributed by atoms with van der Waals surface area (Å²) in [6.07, 6.45) is 3.85. The molecule has 1 N–H and O–H groups in total.